The molecule has 1 saturated carbocycles. The molecular weight excluding hydrogens is 300 g/mol. The number of rotatable bonds is 6. The van der Waals surface area contributed by atoms with E-state index in [1.807, 2.05) is 24.3 Å². The number of halogens is 1. The molecule has 3 rings (SSSR count). The van der Waals surface area contributed by atoms with Crippen LogP contribution in [0.15, 0.2) is 42.6 Å². The van der Waals surface area contributed by atoms with Crippen LogP contribution in [0, 0.1) is 0 Å². The van der Waals surface area contributed by atoms with Gasteiger partial charge < -0.3 is 5.11 Å². The summed E-state index contributed by atoms with van der Waals surface area (Å²) in [7, 11) is 0. The fraction of sp³-hybridized carbons (Fsp3) is 0.294. The summed E-state index contributed by atoms with van der Waals surface area (Å²) in [5, 5.41) is 10.0. The molecule has 0 bridgehead atoms. The minimum Gasteiger partial charge on any atom is -0.478 e. The largest absolute Gasteiger partial charge is 0.478 e. The van der Waals surface area contributed by atoms with Crippen molar-refractivity contribution in [2.45, 2.75) is 32.0 Å². The number of carboxylic acids is 1. The summed E-state index contributed by atoms with van der Waals surface area (Å²) >= 11 is 5.92. The number of carbonyl (C=O) groups is 1. The first kappa shape index (κ1) is 15.0. The zero-order valence-corrected chi connectivity index (χ0v) is 12.8. The molecule has 0 saturated heterocycles. The number of carboxylic acid groups (broad SMARTS) is 1. The maximum absolute atomic E-state index is 11.3. The summed E-state index contributed by atoms with van der Waals surface area (Å²) < 4.78 is 0. The minimum atomic E-state index is -0.926. The second-order valence-corrected chi connectivity index (χ2v) is 6.00. The van der Waals surface area contributed by atoms with Gasteiger partial charge in [-0.1, -0.05) is 23.7 Å². The SMILES string of the molecule is O=C(O)c1cccnc1CN(Cc1ccc(Cl)cc1)C1CC1. The van der Waals surface area contributed by atoms with Crippen molar-refractivity contribution in [3.63, 3.8) is 0 Å². The lowest BCUT2D eigenvalue weighted by molar-refractivity contribution is 0.0693. The number of aromatic carboxylic acids is 1. The van der Waals surface area contributed by atoms with Gasteiger partial charge in [-0.3, -0.25) is 9.88 Å². The number of nitrogens with zero attached hydrogens (tertiary/aromatic N) is 2. The van der Waals surface area contributed by atoms with Gasteiger partial charge in [-0.2, -0.15) is 0 Å². The Morgan fingerprint density at radius 3 is 2.59 bits per heavy atom. The molecule has 0 amide bonds. The molecule has 1 aliphatic rings. The van der Waals surface area contributed by atoms with Crippen molar-refractivity contribution >= 4 is 17.6 Å². The number of hydrogen-bond donors (Lipinski definition) is 1. The molecule has 0 unspecified atom stereocenters. The van der Waals surface area contributed by atoms with E-state index >= 15 is 0 Å². The van der Waals surface area contributed by atoms with Gasteiger partial charge in [0.1, 0.15) is 0 Å². The van der Waals surface area contributed by atoms with Crippen molar-refractivity contribution in [3.8, 4) is 0 Å². The van der Waals surface area contributed by atoms with Gasteiger partial charge in [0, 0.05) is 30.4 Å². The van der Waals surface area contributed by atoms with Crippen LogP contribution in [-0.4, -0.2) is 27.0 Å². The maximum Gasteiger partial charge on any atom is 0.337 e. The molecule has 5 heteroatoms. The molecule has 114 valence electrons. The third kappa shape index (κ3) is 3.64. The maximum atomic E-state index is 11.3. The highest BCUT2D eigenvalue weighted by atomic mass is 35.5. The molecule has 1 fully saturated rings. The van der Waals surface area contributed by atoms with Crippen molar-refractivity contribution in [3.05, 3.63) is 64.4 Å². The van der Waals surface area contributed by atoms with Gasteiger partial charge in [-0.15, -0.1) is 0 Å². The predicted octanol–water partition coefficient (Wildman–Crippen LogP) is 3.60. The Morgan fingerprint density at radius 2 is 1.95 bits per heavy atom. The second kappa shape index (κ2) is 6.46. The normalized spacial score (nSPS) is 14.3. The summed E-state index contributed by atoms with van der Waals surface area (Å²) in [6, 6.07) is 11.6. The average Bonchev–Trinajstić information content (AvgIpc) is 3.34. The third-order valence-electron chi connectivity index (χ3n) is 3.84. The van der Waals surface area contributed by atoms with Gasteiger partial charge in [0.05, 0.1) is 11.3 Å². The van der Waals surface area contributed by atoms with Crippen LogP contribution in [0.1, 0.15) is 34.5 Å². The van der Waals surface area contributed by atoms with Crippen LogP contribution in [0.25, 0.3) is 0 Å². The summed E-state index contributed by atoms with van der Waals surface area (Å²) in [5.41, 5.74) is 2.07. The number of benzene rings is 1. The Balaban J connectivity index is 1.78. The summed E-state index contributed by atoms with van der Waals surface area (Å²) in [6.45, 7) is 1.33. The lowest BCUT2D eigenvalue weighted by Gasteiger charge is -2.22. The third-order valence-corrected chi connectivity index (χ3v) is 4.09. The van der Waals surface area contributed by atoms with Crippen molar-refractivity contribution in [1.29, 1.82) is 0 Å². The predicted molar refractivity (Wildman–Crippen MR) is 84.9 cm³/mol. The Bertz CT molecular complexity index is 669. The van der Waals surface area contributed by atoms with Gasteiger partial charge in [0.25, 0.3) is 0 Å². The van der Waals surface area contributed by atoms with Crippen LogP contribution in [0.3, 0.4) is 0 Å². The summed E-state index contributed by atoms with van der Waals surface area (Å²) in [6.07, 6.45) is 3.96. The Kier molecular flexibility index (Phi) is 4.41. The van der Waals surface area contributed by atoms with Crippen molar-refractivity contribution in [1.82, 2.24) is 9.88 Å². The lowest BCUT2D eigenvalue weighted by Crippen LogP contribution is -2.26. The van der Waals surface area contributed by atoms with Gasteiger partial charge >= 0.3 is 5.97 Å². The van der Waals surface area contributed by atoms with E-state index in [4.69, 9.17) is 11.6 Å². The molecule has 1 aromatic heterocycles. The van der Waals surface area contributed by atoms with E-state index in [2.05, 4.69) is 9.88 Å². The van der Waals surface area contributed by atoms with Crippen molar-refractivity contribution in [2.75, 3.05) is 0 Å². The van der Waals surface area contributed by atoms with Gasteiger partial charge in [-0.05, 0) is 42.7 Å². The quantitative estimate of drug-likeness (QED) is 0.884. The van der Waals surface area contributed by atoms with E-state index in [0.717, 1.165) is 24.4 Å². The molecule has 22 heavy (non-hydrogen) atoms. The Morgan fingerprint density at radius 1 is 1.23 bits per heavy atom. The van der Waals surface area contributed by atoms with Crippen LogP contribution in [0.2, 0.25) is 5.02 Å². The number of hydrogen-bond acceptors (Lipinski definition) is 3. The molecule has 2 aromatic rings. The standard InChI is InChI=1S/C17H17ClN2O2/c18-13-5-3-12(4-6-13)10-20(14-7-8-14)11-16-15(17(21)22)2-1-9-19-16/h1-6,9,14H,7-8,10-11H2,(H,21,22). The zero-order valence-electron chi connectivity index (χ0n) is 12.1. The average molecular weight is 317 g/mol. The van der Waals surface area contributed by atoms with Crippen LogP contribution in [0.4, 0.5) is 0 Å². The van der Waals surface area contributed by atoms with Gasteiger partial charge in [0.2, 0.25) is 0 Å². The first-order valence-corrected chi connectivity index (χ1v) is 7.67. The first-order chi connectivity index (χ1) is 10.6. The van der Waals surface area contributed by atoms with E-state index in [1.165, 1.54) is 5.56 Å². The van der Waals surface area contributed by atoms with E-state index in [9.17, 15) is 9.90 Å². The van der Waals surface area contributed by atoms with Crippen molar-refractivity contribution < 1.29 is 9.90 Å². The zero-order chi connectivity index (χ0) is 15.5. The highest BCUT2D eigenvalue weighted by Gasteiger charge is 2.30. The molecular formula is C17H17ClN2O2. The molecule has 1 N–H and O–H groups in total. The molecule has 4 nitrogen and oxygen atoms in total. The highest BCUT2D eigenvalue weighted by Crippen LogP contribution is 2.30. The monoisotopic (exact) mass is 316 g/mol. The smallest absolute Gasteiger partial charge is 0.337 e. The molecule has 1 heterocycles. The van der Waals surface area contributed by atoms with Crippen LogP contribution < -0.4 is 0 Å². The molecule has 0 spiro atoms. The van der Waals surface area contributed by atoms with E-state index < -0.39 is 5.97 Å². The second-order valence-electron chi connectivity index (χ2n) is 5.57. The van der Waals surface area contributed by atoms with Crippen LogP contribution in [-0.2, 0) is 13.1 Å². The summed E-state index contributed by atoms with van der Waals surface area (Å²) in [5.74, 6) is -0.926. The molecule has 0 atom stereocenters. The van der Waals surface area contributed by atoms with Crippen LogP contribution >= 0.6 is 11.6 Å². The molecule has 0 radical (unpaired) electrons. The fourth-order valence-corrected chi connectivity index (χ4v) is 2.66. The van der Waals surface area contributed by atoms with Crippen molar-refractivity contribution in [2.24, 2.45) is 0 Å². The molecule has 1 aliphatic carbocycles. The highest BCUT2D eigenvalue weighted by molar-refractivity contribution is 6.30. The molecule has 0 aliphatic heterocycles. The molecule has 1 aromatic carbocycles. The minimum absolute atomic E-state index is 0.282. The Labute approximate surface area is 134 Å². The summed E-state index contributed by atoms with van der Waals surface area (Å²) in [4.78, 5) is 17.9. The van der Waals surface area contributed by atoms with Gasteiger partial charge in [0.15, 0.2) is 0 Å². The van der Waals surface area contributed by atoms with Gasteiger partial charge in [-0.25, -0.2) is 4.79 Å². The van der Waals surface area contributed by atoms with E-state index in [0.29, 0.717) is 18.3 Å². The topological polar surface area (TPSA) is 53.4 Å². The Hall–Kier alpha value is -1.91. The lowest BCUT2D eigenvalue weighted by atomic mass is 10.1. The van der Waals surface area contributed by atoms with Crippen LogP contribution in [0.5, 0.6) is 0 Å². The van der Waals surface area contributed by atoms with E-state index in [-0.39, 0.29) is 5.56 Å². The number of pyridine rings is 1. The first-order valence-electron chi connectivity index (χ1n) is 7.29. The fourth-order valence-electron chi connectivity index (χ4n) is 2.53. The van der Waals surface area contributed by atoms with E-state index in [1.54, 1.807) is 18.3 Å². The number of aromatic nitrogens is 1.